The molecule has 3 heteroatoms. The lowest BCUT2D eigenvalue weighted by molar-refractivity contribution is 0.401. The summed E-state index contributed by atoms with van der Waals surface area (Å²) in [5, 5.41) is 0.174. The van der Waals surface area contributed by atoms with Crippen LogP contribution in [0.25, 0.3) is 0 Å². The monoisotopic (exact) mass is 241 g/mol. The van der Waals surface area contributed by atoms with Gasteiger partial charge in [-0.3, -0.25) is 0 Å². The van der Waals surface area contributed by atoms with Crippen LogP contribution in [-0.4, -0.2) is 5.54 Å². The van der Waals surface area contributed by atoms with E-state index in [0.717, 1.165) is 18.4 Å². The van der Waals surface area contributed by atoms with Gasteiger partial charge in [0, 0.05) is 11.5 Å². The standard InChI is InChI=1S/C13H17ClFN/c1-8(2)12(13(16)5-6-13)9-3-4-10(14)11(15)7-9/h3-4,7-8,12H,5-6,16H2,1-2H3. The zero-order valence-corrected chi connectivity index (χ0v) is 10.4. The summed E-state index contributed by atoms with van der Waals surface area (Å²) in [5.74, 6) is 0.279. The lowest BCUT2D eigenvalue weighted by Gasteiger charge is -2.28. The van der Waals surface area contributed by atoms with E-state index in [4.69, 9.17) is 17.3 Å². The quantitative estimate of drug-likeness (QED) is 0.858. The van der Waals surface area contributed by atoms with E-state index in [2.05, 4.69) is 13.8 Å². The van der Waals surface area contributed by atoms with Crippen molar-refractivity contribution in [1.82, 2.24) is 0 Å². The average Bonchev–Trinajstić information content (AvgIpc) is 2.90. The van der Waals surface area contributed by atoms with Crippen molar-refractivity contribution >= 4 is 11.6 Å². The molecule has 0 aromatic heterocycles. The van der Waals surface area contributed by atoms with Crippen LogP contribution in [0.3, 0.4) is 0 Å². The van der Waals surface area contributed by atoms with E-state index in [1.807, 2.05) is 6.07 Å². The van der Waals surface area contributed by atoms with Gasteiger partial charge in [-0.1, -0.05) is 31.5 Å². The van der Waals surface area contributed by atoms with Crippen LogP contribution in [-0.2, 0) is 0 Å². The predicted octanol–water partition coefficient (Wildman–Crippen LogP) is 3.71. The number of hydrogen-bond donors (Lipinski definition) is 1. The van der Waals surface area contributed by atoms with E-state index in [1.54, 1.807) is 6.07 Å². The summed E-state index contributed by atoms with van der Waals surface area (Å²) in [5.41, 5.74) is 7.10. The molecule has 0 spiro atoms. The first-order valence-electron chi connectivity index (χ1n) is 5.68. The molecule has 2 rings (SSSR count). The molecular weight excluding hydrogens is 225 g/mol. The average molecular weight is 242 g/mol. The highest BCUT2D eigenvalue weighted by atomic mass is 35.5. The van der Waals surface area contributed by atoms with Gasteiger partial charge in [-0.25, -0.2) is 4.39 Å². The second-order valence-corrected chi connectivity index (χ2v) is 5.54. The van der Waals surface area contributed by atoms with Gasteiger partial charge >= 0.3 is 0 Å². The molecule has 0 saturated heterocycles. The minimum absolute atomic E-state index is 0.131. The molecule has 0 bridgehead atoms. The molecule has 1 unspecified atom stereocenters. The highest BCUT2D eigenvalue weighted by molar-refractivity contribution is 6.30. The number of nitrogens with two attached hydrogens (primary N) is 1. The maximum atomic E-state index is 13.4. The second-order valence-electron chi connectivity index (χ2n) is 5.13. The van der Waals surface area contributed by atoms with Crippen molar-refractivity contribution < 1.29 is 4.39 Å². The van der Waals surface area contributed by atoms with Crippen LogP contribution in [0.5, 0.6) is 0 Å². The van der Waals surface area contributed by atoms with E-state index in [1.165, 1.54) is 6.07 Å². The van der Waals surface area contributed by atoms with Gasteiger partial charge in [0.25, 0.3) is 0 Å². The third kappa shape index (κ3) is 2.09. The molecule has 1 aliphatic rings. The minimum atomic E-state index is -0.353. The van der Waals surface area contributed by atoms with Gasteiger partial charge in [-0.15, -0.1) is 0 Å². The molecule has 0 amide bonds. The van der Waals surface area contributed by atoms with E-state index in [-0.39, 0.29) is 22.3 Å². The van der Waals surface area contributed by atoms with Gasteiger partial charge in [0.2, 0.25) is 0 Å². The lowest BCUT2D eigenvalue weighted by Crippen LogP contribution is -2.33. The largest absolute Gasteiger partial charge is 0.325 e. The molecule has 1 aromatic carbocycles. The third-order valence-corrected chi connectivity index (χ3v) is 3.72. The first-order chi connectivity index (χ1) is 7.44. The number of rotatable bonds is 3. The predicted molar refractivity (Wildman–Crippen MR) is 65.1 cm³/mol. The van der Waals surface area contributed by atoms with Crippen LogP contribution in [0.2, 0.25) is 5.02 Å². The molecule has 1 fully saturated rings. The normalized spacial score (nSPS) is 19.9. The van der Waals surface area contributed by atoms with Crippen molar-refractivity contribution in [2.45, 2.75) is 38.1 Å². The summed E-state index contributed by atoms with van der Waals surface area (Å²) in [7, 11) is 0. The van der Waals surface area contributed by atoms with Gasteiger partial charge in [0.05, 0.1) is 5.02 Å². The van der Waals surface area contributed by atoms with Crippen LogP contribution < -0.4 is 5.73 Å². The zero-order valence-electron chi connectivity index (χ0n) is 9.63. The number of halogens is 2. The molecule has 1 aliphatic carbocycles. The third-order valence-electron chi connectivity index (χ3n) is 3.42. The Bertz CT molecular complexity index is 399. The Hall–Kier alpha value is -0.600. The Morgan fingerprint density at radius 3 is 2.44 bits per heavy atom. The zero-order chi connectivity index (χ0) is 11.9. The Morgan fingerprint density at radius 2 is 2.00 bits per heavy atom. The minimum Gasteiger partial charge on any atom is -0.325 e. The fraction of sp³-hybridized carbons (Fsp3) is 0.538. The van der Waals surface area contributed by atoms with Crippen molar-refractivity contribution in [3.8, 4) is 0 Å². The van der Waals surface area contributed by atoms with Crippen molar-refractivity contribution in [2.75, 3.05) is 0 Å². The SMILES string of the molecule is CC(C)C(c1ccc(Cl)c(F)c1)C1(N)CC1. The summed E-state index contributed by atoms with van der Waals surface area (Å²) in [6.07, 6.45) is 2.06. The Morgan fingerprint density at radius 1 is 1.38 bits per heavy atom. The summed E-state index contributed by atoms with van der Waals surface area (Å²) >= 11 is 5.69. The Kier molecular flexibility index (Phi) is 2.97. The van der Waals surface area contributed by atoms with Gasteiger partial charge in [-0.2, -0.15) is 0 Å². The van der Waals surface area contributed by atoms with Crippen molar-refractivity contribution in [2.24, 2.45) is 11.7 Å². The highest BCUT2D eigenvalue weighted by Crippen LogP contribution is 2.48. The molecule has 16 heavy (non-hydrogen) atoms. The van der Waals surface area contributed by atoms with Crippen molar-refractivity contribution in [3.63, 3.8) is 0 Å². The number of hydrogen-bond acceptors (Lipinski definition) is 1. The molecule has 1 aromatic rings. The van der Waals surface area contributed by atoms with Crippen LogP contribution in [0, 0.1) is 11.7 Å². The summed E-state index contributed by atoms with van der Waals surface area (Å²) in [6.45, 7) is 4.26. The summed E-state index contributed by atoms with van der Waals surface area (Å²) in [4.78, 5) is 0. The molecule has 1 atom stereocenters. The molecule has 1 nitrogen and oxygen atoms in total. The van der Waals surface area contributed by atoms with E-state index >= 15 is 0 Å². The van der Waals surface area contributed by atoms with Crippen molar-refractivity contribution in [1.29, 1.82) is 0 Å². The Balaban J connectivity index is 2.36. The van der Waals surface area contributed by atoms with Crippen LogP contribution in [0.4, 0.5) is 4.39 Å². The molecule has 0 radical (unpaired) electrons. The lowest BCUT2D eigenvalue weighted by atomic mass is 9.81. The van der Waals surface area contributed by atoms with E-state index in [0.29, 0.717) is 5.92 Å². The van der Waals surface area contributed by atoms with Crippen LogP contribution >= 0.6 is 11.6 Å². The van der Waals surface area contributed by atoms with Gasteiger partial charge in [0.15, 0.2) is 0 Å². The second kappa shape index (κ2) is 4.01. The Labute approximate surface area is 101 Å². The maximum Gasteiger partial charge on any atom is 0.142 e. The molecular formula is C13H17ClFN. The van der Waals surface area contributed by atoms with Crippen LogP contribution in [0.1, 0.15) is 38.2 Å². The topological polar surface area (TPSA) is 26.0 Å². The molecule has 1 saturated carbocycles. The molecule has 0 aliphatic heterocycles. The number of benzene rings is 1. The fourth-order valence-electron chi connectivity index (χ4n) is 2.54. The molecule has 88 valence electrons. The van der Waals surface area contributed by atoms with Gasteiger partial charge in [-0.05, 0) is 36.5 Å². The first kappa shape index (κ1) is 11.9. The summed E-state index contributed by atoms with van der Waals surface area (Å²) in [6, 6.07) is 5.04. The van der Waals surface area contributed by atoms with E-state index in [9.17, 15) is 4.39 Å². The summed E-state index contributed by atoms with van der Waals surface area (Å²) < 4.78 is 13.4. The molecule has 2 N–H and O–H groups in total. The highest BCUT2D eigenvalue weighted by Gasteiger charge is 2.47. The van der Waals surface area contributed by atoms with Crippen LogP contribution in [0.15, 0.2) is 18.2 Å². The maximum absolute atomic E-state index is 13.4. The fourth-order valence-corrected chi connectivity index (χ4v) is 2.66. The van der Waals surface area contributed by atoms with Gasteiger partial charge < -0.3 is 5.73 Å². The molecule has 0 heterocycles. The smallest absolute Gasteiger partial charge is 0.142 e. The van der Waals surface area contributed by atoms with Crippen molar-refractivity contribution in [3.05, 3.63) is 34.6 Å². The van der Waals surface area contributed by atoms with Gasteiger partial charge in [0.1, 0.15) is 5.82 Å². The first-order valence-corrected chi connectivity index (χ1v) is 6.06. The van der Waals surface area contributed by atoms with E-state index < -0.39 is 0 Å².